The summed E-state index contributed by atoms with van der Waals surface area (Å²) >= 11 is 0. The molecular formula is C11H15NO4. The van der Waals surface area contributed by atoms with Gasteiger partial charge in [-0.15, -0.1) is 0 Å². The maximum atomic E-state index is 11.7. The largest absolute Gasteiger partial charge is 0.504 e. The van der Waals surface area contributed by atoms with Crippen molar-refractivity contribution in [2.45, 2.75) is 0 Å². The molecule has 0 aliphatic heterocycles. The number of phenolic OH excluding ortho intramolecular Hbond substituents is 2. The van der Waals surface area contributed by atoms with E-state index in [4.69, 9.17) is 4.74 Å². The van der Waals surface area contributed by atoms with E-state index in [1.165, 1.54) is 19.2 Å². The van der Waals surface area contributed by atoms with Gasteiger partial charge in [-0.2, -0.15) is 0 Å². The van der Waals surface area contributed by atoms with Crippen molar-refractivity contribution in [2.24, 2.45) is 0 Å². The molecule has 0 bridgehead atoms. The number of methoxy groups -OCH3 is 1. The van der Waals surface area contributed by atoms with Gasteiger partial charge in [0.25, 0.3) is 0 Å². The molecule has 1 rings (SSSR count). The zero-order valence-corrected chi connectivity index (χ0v) is 9.52. The first kappa shape index (κ1) is 12.3. The minimum absolute atomic E-state index is 0.0898. The Hall–Kier alpha value is -1.75. The predicted molar refractivity (Wildman–Crippen MR) is 59.2 cm³/mol. The summed E-state index contributed by atoms with van der Waals surface area (Å²) in [7, 11) is 4.87. The van der Waals surface area contributed by atoms with Crippen molar-refractivity contribution in [2.75, 3.05) is 27.7 Å². The monoisotopic (exact) mass is 225 g/mol. The molecule has 0 aliphatic carbocycles. The van der Waals surface area contributed by atoms with Gasteiger partial charge in [0.05, 0.1) is 19.2 Å². The molecule has 0 spiro atoms. The van der Waals surface area contributed by atoms with Gasteiger partial charge in [-0.25, -0.2) is 0 Å². The van der Waals surface area contributed by atoms with E-state index < -0.39 is 11.5 Å². The summed E-state index contributed by atoms with van der Waals surface area (Å²) in [5, 5.41) is 19.1. The van der Waals surface area contributed by atoms with Crippen LogP contribution in [0, 0.1) is 0 Å². The Morgan fingerprint density at radius 1 is 1.31 bits per heavy atom. The number of carbonyl (C=O) groups is 1. The van der Waals surface area contributed by atoms with Crippen molar-refractivity contribution >= 4 is 5.78 Å². The molecule has 0 atom stereocenters. The van der Waals surface area contributed by atoms with Crippen LogP contribution in [0.2, 0.25) is 0 Å². The number of hydrogen-bond acceptors (Lipinski definition) is 5. The topological polar surface area (TPSA) is 70.0 Å². The number of nitrogens with zero attached hydrogens (tertiary/aromatic N) is 1. The van der Waals surface area contributed by atoms with Crippen LogP contribution in [0.5, 0.6) is 17.2 Å². The molecule has 1 aromatic carbocycles. The molecule has 0 amide bonds. The van der Waals surface area contributed by atoms with E-state index in [2.05, 4.69) is 0 Å². The van der Waals surface area contributed by atoms with Crippen molar-refractivity contribution in [3.05, 3.63) is 17.7 Å². The lowest BCUT2D eigenvalue weighted by Crippen LogP contribution is -2.21. The number of benzene rings is 1. The Morgan fingerprint density at radius 3 is 2.44 bits per heavy atom. The summed E-state index contributed by atoms with van der Waals surface area (Å²) in [6, 6.07) is 2.87. The fourth-order valence-electron chi connectivity index (χ4n) is 1.32. The van der Waals surface area contributed by atoms with Gasteiger partial charge < -0.3 is 19.8 Å². The van der Waals surface area contributed by atoms with Crippen molar-refractivity contribution < 1.29 is 19.7 Å². The normalized spacial score (nSPS) is 10.5. The molecule has 0 aliphatic rings. The number of hydrogen-bond donors (Lipinski definition) is 2. The van der Waals surface area contributed by atoms with Crippen molar-refractivity contribution in [1.82, 2.24) is 4.90 Å². The van der Waals surface area contributed by atoms with Crippen molar-refractivity contribution in [3.8, 4) is 17.2 Å². The van der Waals surface area contributed by atoms with E-state index in [9.17, 15) is 15.0 Å². The molecule has 5 heteroatoms. The van der Waals surface area contributed by atoms with Crippen LogP contribution in [0.1, 0.15) is 10.4 Å². The van der Waals surface area contributed by atoms with Gasteiger partial charge in [0.15, 0.2) is 17.3 Å². The van der Waals surface area contributed by atoms with Gasteiger partial charge in [0.2, 0.25) is 5.75 Å². The van der Waals surface area contributed by atoms with E-state index in [1.54, 1.807) is 19.0 Å². The van der Waals surface area contributed by atoms with E-state index in [0.717, 1.165) is 0 Å². The number of carbonyl (C=O) groups excluding carboxylic acids is 1. The molecule has 5 nitrogen and oxygen atoms in total. The number of Topliss-reactive ketones (excluding diaryl/α,β-unsaturated/α-hetero) is 1. The summed E-state index contributed by atoms with van der Waals surface area (Å²) in [6.07, 6.45) is 0. The SMILES string of the molecule is COc1ccc(C(=O)CN(C)C)c(O)c1O. The molecule has 0 heterocycles. The summed E-state index contributed by atoms with van der Waals surface area (Å²) < 4.78 is 4.81. The van der Waals surface area contributed by atoms with E-state index >= 15 is 0 Å². The Kier molecular flexibility index (Phi) is 3.73. The van der Waals surface area contributed by atoms with Crippen LogP contribution < -0.4 is 4.74 Å². The Labute approximate surface area is 93.9 Å². The average Bonchev–Trinajstić information content (AvgIpc) is 2.20. The first-order valence-corrected chi connectivity index (χ1v) is 4.74. The quantitative estimate of drug-likeness (QED) is 0.587. The van der Waals surface area contributed by atoms with Crippen LogP contribution in [-0.2, 0) is 0 Å². The molecule has 1 aromatic rings. The van der Waals surface area contributed by atoms with Gasteiger partial charge in [0.1, 0.15) is 0 Å². The first-order valence-electron chi connectivity index (χ1n) is 4.74. The highest BCUT2D eigenvalue weighted by molar-refractivity contribution is 6.01. The van der Waals surface area contributed by atoms with Gasteiger partial charge >= 0.3 is 0 Å². The minimum Gasteiger partial charge on any atom is -0.504 e. The molecule has 0 saturated carbocycles. The second-order valence-corrected chi connectivity index (χ2v) is 3.67. The van der Waals surface area contributed by atoms with Gasteiger partial charge in [-0.05, 0) is 26.2 Å². The molecule has 88 valence electrons. The smallest absolute Gasteiger partial charge is 0.201 e. The van der Waals surface area contributed by atoms with Crippen molar-refractivity contribution in [1.29, 1.82) is 0 Å². The van der Waals surface area contributed by atoms with Crippen LogP contribution in [0.15, 0.2) is 12.1 Å². The fourth-order valence-corrected chi connectivity index (χ4v) is 1.32. The van der Waals surface area contributed by atoms with E-state index in [0.29, 0.717) is 0 Å². The number of ketones is 1. The number of phenols is 2. The maximum Gasteiger partial charge on any atom is 0.201 e. The highest BCUT2D eigenvalue weighted by Crippen LogP contribution is 2.37. The van der Waals surface area contributed by atoms with Crippen LogP contribution >= 0.6 is 0 Å². The predicted octanol–water partition coefficient (Wildman–Crippen LogP) is 0.851. The summed E-state index contributed by atoms with van der Waals surface area (Å²) in [6.45, 7) is 0.166. The van der Waals surface area contributed by atoms with Crippen molar-refractivity contribution in [3.63, 3.8) is 0 Å². The summed E-state index contributed by atoms with van der Waals surface area (Å²) in [5.74, 6) is -0.974. The first-order chi connectivity index (χ1) is 7.47. The Balaban J connectivity index is 3.07. The van der Waals surface area contributed by atoms with Gasteiger partial charge in [-0.1, -0.05) is 0 Å². The third kappa shape index (κ3) is 2.43. The zero-order chi connectivity index (χ0) is 12.3. The summed E-state index contributed by atoms with van der Waals surface area (Å²) in [5.41, 5.74) is 0.0898. The molecule has 0 radical (unpaired) electrons. The van der Waals surface area contributed by atoms with Gasteiger partial charge in [-0.3, -0.25) is 4.79 Å². The third-order valence-corrected chi connectivity index (χ3v) is 2.09. The van der Waals surface area contributed by atoms with E-state index in [-0.39, 0.29) is 23.6 Å². The minimum atomic E-state index is -0.439. The molecule has 16 heavy (non-hydrogen) atoms. The number of aromatic hydroxyl groups is 2. The lowest BCUT2D eigenvalue weighted by molar-refractivity contribution is 0.0954. The number of ether oxygens (including phenoxy) is 1. The number of likely N-dealkylation sites (N-methyl/N-ethyl adjacent to an activating group) is 1. The Morgan fingerprint density at radius 2 is 1.94 bits per heavy atom. The molecule has 0 aromatic heterocycles. The Bertz CT molecular complexity index is 401. The van der Waals surface area contributed by atoms with Gasteiger partial charge in [0, 0.05) is 0 Å². The number of rotatable bonds is 4. The van der Waals surface area contributed by atoms with Crippen LogP contribution in [-0.4, -0.2) is 48.6 Å². The molecular weight excluding hydrogens is 210 g/mol. The highest BCUT2D eigenvalue weighted by atomic mass is 16.5. The van der Waals surface area contributed by atoms with Crippen LogP contribution in [0.3, 0.4) is 0 Å². The standard InChI is InChI=1S/C11H15NO4/c1-12(2)6-8(13)7-4-5-9(16-3)11(15)10(7)14/h4-5,14-15H,6H2,1-3H3. The molecule has 0 saturated heterocycles. The highest BCUT2D eigenvalue weighted by Gasteiger charge is 2.17. The average molecular weight is 225 g/mol. The maximum absolute atomic E-state index is 11.7. The van der Waals surface area contributed by atoms with Crippen LogP contribution in [0.4, 0.5) is 0 Å². The lowest BCUT2D eigenvalue weighted by atomic mass is 10.1. The molecule has 2 N–H and O–H groups in total. The second-order valence-electron chi connectivity index (χ2n) is 3.67. The van der Waals surface area contributed by atoms with E-state index in [1.807, 2.05) is 0 Å². The zero-order valence-electron chi connectivity index (χ0n) is 9.52. The third-order valence-electron chi connectivity index (χ3n) is 2.09. The fraction of sp³-hybridized carbons (Fsp3) is 0.364. The second kappa shape index (κ2) is 4.85. The lowest BCUT2D eigenvalue weighted by Gasteiger charge is -2.11. The molecule has 0 unspecified atom stereocenters. The summed E-state index contributed by atoms with van der Waals surface area (Å²) in [4.78, 5) is 13.4. The van der Waals surface area contributed by atoms with Crippen LogP contribution in [0.25, 0.3) is 0 Å². The molecule has 0 fully saturated rings.